The maximum atomic E-state index is 6.35. The second-order valence-corrected chi connectivity index (χ2v) is 5.17. The Labute approximate surface area is 100 Å². The molecule has 1 fully saturated rings. The fourth-order valence-electron chi connectivity index (χ4n) is 2.97. The Morgan fingerprint density at radius 1 is 1.62 bits per heavy atom. The Bertz CT molecular complexity index is 213. The minimum absolute atomic E-state index is 0.0601. The van der Waals surface area contributed by atoms with Crippen molar-refractivity contribution < 1.29 is 4.74 Å². The van der Waals surface area contributed by atoms with Gasteiger partial charge in [0.05, 0.1) is 5.60 Å². The second-order valence-electron chi connectivity index (χ2n) is 5.17. The Morgan fingerprint density at radius 2 is 2.38 bits per heavy atom. The number of hydrogen-bond donors (Lipinski definition) is 1. The van der Waals surface area contributed by atoms with Gasteiger partial charge in [0.2, 0.25) is 0 Å². The van der Waals surface area contributed by atoms with Gasteiger partial charge in [0, 0.05) is 12.6 Å². The molecule has 3 unspecified atom stereocenters. The van der Waals surface area contributed by atoms with E-state index in [2.05, 4.69) is 20.4 Å². The molecule has 1 aliphatic rings. The first-order valence-corrected chi connectivity index (χ1v) is 6.65. The predicted octanol–water partition coefficient (Wildman–Crippen LogP) is 3.27. The van der Waals surface area contributed by atoms with Crippen molar-refractivity contribution in [1.29, 1.82) is 0 Å². The first-order valence-electron chi connectivity index (χ1n) is 6.65. The van der Waals surface area contributed by atoms with E-state index in [-0.39, 0.29) is 11.6 Å². The van der Waals surface area contributed by atoms with Gasteiger partial charge >= 0.3 is 0 Å². The van der Waals surface area contributed by atoms with Crippen LogP contribution < -0.4 is 5.73 Å². The standard InChI is InChI=1S/C14H27NO/c1-4-6-9-13(15)14(16-5-2)10-7-8-12(3)11-14/h4,12-13H,1,5-11,15H2,2-3H3. The van der Waals surface area contributed by atoms with Crippen LogP contribution in [0.2, 0.25) is 0 Å². The van der Waals surface area contributed by atoms with Crippen molar-refractivity contribution in [2.45, 2.75) is 64.0 Å². The van der Waals surface area contributed by atoms with Crippen molar-refractivity contribution in [1.82, 2.24) is 0 Å². The van der Waals surface area contributed by atoms with Gasteiger partial charge in [0.1, 0.15) is 0 Å². The fraction of sp³-hybridized carbons (Fsp3) is 0.857. The summed E-state index contributed by atoms with van der Waals surface area (Å²) in [7, 11) is 0. The van der Waals surface area contributed by atoms with Crippen molar-refractivity contribution in [3.63, 3.8) is 0 Å². The Balaban J connectivity index is 2.65. The molecule has 94 valence electrons. The van der Waals surface area contributed by atoms with Gasteiger partial charge in [0.15, 0.2) is 0 Å². The summed E-state index contributed by atoms with van der Waals surface area (Å²) in [5.74, 6) is 0.745. The summed E-state index contributed by atoms with van der Waals surface area (Å²) in [4.78, 5) is 0. The number of rotatable bonds is 6. The lowest BCUT2D eigenvalue weighted by molar-refractivity contribution is -0.0938. The summed E-state index contributed by atoms with van der Waals surface area (Å²) in [5.41, 5.74) is 6.28. The summed E-state index contributed by atoms with van der Waals surface area (Å²) in [6, 6.07) is 0.160. The zero-order valence-corrected chi connectivity index (χ0v) is 10.9. The predicted molar refractivity (Wildman–Crippen MR) is 69.4 cm³/mol. The van der Waals surface area contributed by atoms with Crippen LogP contribution >= 0.6 is 0 Å². The average molecular weight is 225 g/mol. The Kier molecular flexibility index (Phi) is 5.50. The summed E-state index contributed by atoms with van der Waals surface area (Å²) in [6.45, 7) is 8.92. The number of ether oxygens (including phenoxy) is 1. The normalized spacial score (nSPS) is 32.3. The lowest BCUT2D eigenvalue weighted by Crippen LogP contribution is -2.52. The lowest BCUT2D eigenvalue weighted by atomic mass is 9.73. The van der Waals surface area contributed by atoms with E-state index in [0.29, 0.717) is 0 Å². The molecule has 1 saturated carbocycles. The molecule has 0 aromatic heterocycles. The van der Waals surface area contributed by atoms with Crippen LogP contribution in [-0.4, -0.2) is 18.2 Å². The van der Waals surface area contributed by atoms with Crippen molar-refractivity contribution in [3.05, 3.63) is 12.7 Å². The minimum Gasteiger partial charge on any atom is -0.374 e. The largest absolute Gasteiger partial charge is 0.374 e. The molecule has 2 heteroatoms. The SMILES string of the molecule is C=CCCC(N)C1(OCC)CCCC(C)C1. The molecular formula is C14H27NO. The van der Waals surface area contributed by atoms with E-state index in [1.807, 2.05) is 6.08 Å². The minimum atomic E-state index is -0.0601. The van der Waals surface area contributed by atoms with Crippen molar-refractivity contribution in [3.8, 4) is 0 Å². The van der Waals surface area contributed by atoms with Crippen molar-refractivity contribution in [2.24, 2.45) is 11.7 Å². The van der Waals surface area contributed by atoms with Crippen LogP contribution in [0.15, 0.2) is 12.7 Å². The lowest BCUT2D eigenvalue weighted by Gasteiger charge is -2.44. The maximum absolute atomic E-state index is 6.35. The van der Waals surface area contributed by atoms with Gasteiger partial charge < -0.3 is 10.5 Å². The summed E-state index contributed by atoms with van der Waals surface area (Å²) < 4.78 is 6.04. The van der Waals surface area contributed by atoms with Gasteiger partial charge in [-0.05, 0) is 38.5 Å². The van der Waals surface area contributed by atoms with Gasteiger partial charge in [-0.2, -0.15) is 0 Å². The van der Waals surface area contributed by atoms with E-state index in [1.54, 1.807) is 0 Å². The molecule has 3 atom stereocenters. The zero-order chi connectivity index (χ0) is 12.0. The van der Waals surface area contributed by atoms with E-state index in [9.17, 15) is 0 Å². The molecular weight excluding hydrogens is 198 g/mol. The highest BCUT2D eigenvalue weighted by molar-refractivity contribution is 4.96. The quantitative estimate of drug-likeness (QED) is 0.704. The molecule has 2 N–H and O–H groups in total. The van der Waals surface area contributed by atoms with Gasteiger partial charge in [-0.3, -0.25) is 0 Å². The van der Waals surface area contributed by atoms with Crippen LogP contribution in [0, 0.1) is 5.92 Å². The van der Waals surface area contributed by atoms with Crippen LogP contribution in [0.4, 0.5) is 0 Å². The molecule has 16 heavy (non-hydrogen) atoms. The highest BCUT2D eigenvalue weighted by Crippen LogP contribution is 2.38. The third kappa shape index (κ3) is 3.33. The van der Waals surface area contributed by atoms with Gasteiger partial charge in [-0.15, -0.1) is 6.58 Å². The highest BCUT2D eigenvalue weighted by Gasteiger charge is 2.40. The zero-order valence-electron chi connectivity index (χ0n) is 10.9. The topological polar surface area (TPSA) is 35.2 Å². The van der Waals surface area contributed by atoms with E-state index >= 15 is 0 Å². The van der Waals surface area contributed by atoms with Crippen LogP contribution in [0.5, 0.6) is 0 Å². The Morgan fingerprint density at radius 3 is 2.94 bits per heavy atom. The molecule has 2 nitrogen and oxygen atoms in total. The second kappa shape index (κ2) is 6.41. The van der Waals surface area contributed by atoms with E-state index in [0.717, 1.165) is 38.2 Å². The third-order valence-corrected chi connectivity index (χ3v) is 3.78. The molecule has 0 spiro atoms. The fourth-order valence-corrected chi connectivity index (χ4v) is 2.97. The van der Waals surface area contributed by atoms with Crippen LogP contribution in [-0.2, 0) is 4.74 Å². The molecule has 0 bridgehead atoms. The molecule has 0 aliphatic heterocycles. The third-order valence-electron chi connectivity index (χ3n) is 3.78. The monoisotopic (exact) mass is 225 g/mol. The molecule has 1 rings (SSSR count). The van der Waals surface area contributed by atoms with E-state index in [1.165, 1.54) is 12.8 Å². The van der Waals surface area contributed by atoms with Crippen LogP contribution in [0.1, 0.15) is 52.4 Å². The number of allylic oxidation sites excluding steroid dienone is 1. The number of nitrogens with two attached hydrogens (primary N) is 1. The van der Waals surface area contributed by atoms with Crippen LogP contribution in [0.25, 0.3) is 0 Å². The van der Waals surface area contributed by atoms with Gasteiger partial charge in [0.25, 0.3) is 0 Å². The smallest absolute Gasteiger partial charge is 0.0835 e. The highest BCUT2D eigenvalue weighted by atomic mass is 16.5. The molecule has 0 saturated heterocycles. The molecule has 0 aromatic carbocycles. The molecule has 1 aliphatic carbocycles. The summed E-state index contributed by atoms with van der Waals surface area (Å²) >= 11 is 0. The summed E-state index contributed by atoms with van der Waals surface area (Å²) in [6.07, 6.45) is 8.76. The molecule has 0 radical (unpaired) electrons. The van der Waals surface area contributed by atoms with Crippen LogP contribution in [0.3, 0.4) is 0 Å². The molecule has 0 amide bonds. The van der Waals surface area contributed by atoms with Gasteiger partial charge in [-0.25, -0.2) is 0 Å². The van der Waals surface area contributed by atoms with E-state index in [4.69, 9.17) is 10.5 Å². The number of hydrogen-bond acceptors (Lipinski definition) is 2. The van der Waals surface area contributed by atoms with Gasteiger partial charge in [-0.1, -0.05) is 25.8 Å². The summed E-state index contributed by atoms with van der Waals surface area (Å²) in [5, 5.41) is 0. The van der Waals surface area contributed by atoms with E-state index < -0.39 is 0 Å². The van der Waals surface area contributed by atoms with Crippen molar-refractivity contribution >= 4 is 0 Å². The van der Waals surface area contributed by atoms with Crippen molar-refractivity contribution in [2.75, 3.05) is 6.61 Å². The Hall–Kier alpha value is -0.340. The average Bonchev–Trinajstić information content (AvgIpc) is 2.26. The molecule has 0 aromatic rings. The first kappa shape index (κ1) is 13.7. The first-order chi connectivity index (χ1) is 7.64. The molecule has 0 heterocycles. The maximum Gasteiger partial charge on any atom is 0.0835 e.